The molecule has 68 heavy (non-hydrogen) atoms. The van der Waals surface area contributed by atoms with Crippen molar-refractivity contribution in [2.45, 2.75) is 190 Å². The second-order valence-corrected chi connectivity index (χ2v) is 22.6. The second kappa shape index (κ2) is 19.1. The maximum atomic E-state index is 14.4. The van der Waals surface area contributed by atoms with Crippen LogP contribution in [0.2, 0.25) is 0 Å². The molecule has 3 heterocycles. The minimum Gasteiger partial charge on any atom is -0.432 e. The van der Waals surface area contributed by atoms with Crippen LogP contribution in [0.3, 0.4) is 0 Å². The standard InChI is InChI=1S/C47H76O21/c1-17-11-21(20-9-10-44(4)23(29(20)18(17)2)8-7-22-24(44)12-25(50)36-45(22,5)13-26(51)38(58)46(36,6)16-49)40(60)68-42-33(55)31(53)30(52)28(66-42)15-63-41-34(56)32(54)35(27(14-48)65-41)67-43-39(59)47(61,62)37(57)19(3)64-43/h8,17-22,24-39,41-43,48-59,61-62H,7,9-16H2,1-6H3/t17?,18?,19?,20?,21?,22?,24?,25?,26?,27?,28?,29?,30-,31?,32?,33+,34+,35-,36?,37+,38?,39-,41?,42?,43?,44?,45?,46?/m1/s1. The van der Waals surface area contributed by atoms with Crippen LogP contribution in [0.4, 0.5) is 0 Å². The molecule has 21 heteroatoms. The lowest BCUT2D eigenvalue weighted by atomic mass is 9.37. The number of carbonyl (C=O) groups excluding carboxylic acids is 1. The maximum Gasteiger partial charge on any atom is 0.311 e. The SMILES string of the molecule is CC1CC(C(=O)OC2OC(COC3OC(CO)[C@@H](OC4OC(C)[C@H](O)C(O)(O)[C@@H]4O)C(O)[C@@H]3O)[C@@H](O)C(O)[C@@H]2O)C2CCC3(C)C(=CCC4C3CC(O)C3C(C)(CO)C(O)C(O)CC43C)C2C1C. The number of hydrogen-bond donors (Lipinski definition) is 14. The molecule has 4 saturated carbocycles. The molecule has 7 fully saturated rings. The molecule has 0 bridgehead atoms. The molecule has 3 aliphatic heterocycles. The van der Waals surface area contributed by atoms with Crippen molar-refractivity contribution in [3.63, 3.8) is 0 Å². The quantitative estimate of drug-likeness (QED) is 0.0612. The Hall–Kier alpha value is -1.55. The fraction of sp³-hybridized carbons (Fsp3) is 0.936. The Labute approximate surface area is 395 Å². The molecule has 0 aromatic carbocycles. The number of allylic oxidation sites excluding steroid dienone is 2. The summed E-state index contributed by atoms with van der Waals surface area (Å²) in [4.78, 5) is 14.4. The molecule has 21 nitrogen and oxygen atoms in total. The van der Waals surface area contributed by atoms with Crippen molar-refractivity contribution >= 4 is 5.97 Å². The Morgan fingerprint density at radius 3 is 2.07 bits per heavy atom. The van der Waals surface area contributed by atoms with Crippen molar-refractivity contribution in [1.82, 2.24) is 0 Å². The first kappa shape index (κ1) is 52.8. The number of esters is 1. The predicted octanol–water partition coefficient (Wildman–Crippen LogP) is -3.28. The Bertz CT molecular complexity index is 1840. The van der Waals surface area contributed by atoms with Crippen LogP contribution in [0.25, 0.3) is 0 Å². The number of aliphatic hydroxyl groups is 14. The van der Waals surface area contributed by atoms with Gasteiger partial charge in [0.15, 0.2) is 18.7 Å². The van der Waals surface area contributed by atoms with Crippen LogP contribution < -0.4 is 0 Å². The third kappa shape index (κ3) is 8.33. The molecule has 14 N–H and O–H groups in total. The summed E-state index contributed by atoms with van der Waals surface area (Å²) in [5.41, 5.74) is -0.800. The van der Waals surface area contributed by atoms with Gasteiger partial charge in [0.25, 0.3) is 0 Å². The molecule has 22 unspecified atom stereocenters. The van der Waals surface area contributed by atoms with Gasteiger partial charge in [-0.3, -0.25) is 4.79 Å². The van der Waals surface area contributed by atoms with Gasteiger partial charge in [-0.25, -0.2) is 0 Å². The number of ether oxygens (including phenoxy) is 6. The predicted molar refractivity (Wildman–Crippen MR) is 229 cm³/mol. The van der Waals surface area contributed by atoms with Crippen molar-refractivity contribution in [1.29, 1.82) is 0 Å². The molecule has 0 spiro atoms. The number of carbonyl (C=O) groups is 1. The zero-order valence-corrected chi connectivity index (χ0v) is 39.5. The Kier molecular flexibility index (Phi) is 14.8. The molecular weight excluding hydrogens is 900 g/mol. The van der Waals surface area contributed by atoms with E-state index in [1.54, 1.807) is 6.92 Å². The first-order chi connectivity index (χ1) is 31.8. The van der Waals surface area contributed by atoms with E-state index in [1.165, 1.54) is 12.5 Å². The summed E-state index contributed by atoms with van der Waals surface area (Å²) in [5.74, 6) is -4.72. The summed E-state index contributed by atoms with van der Waals surface area (Å²) in [5, 5.41) is 151. The van der Waals surface area contributed by atoms with Crippen molar-refractivity contribution < 1.29 is 105 Å². The first-order valence-electron chi connectivity index (χ1n) is 24.4. The number of aliphatic hydroxyl groups excluding tert-OH is 12. The van der Waals surface area contributed by atoms with Crippen LogP contribution in [0.5, 0.6) is 0 Å². The normalized spacial score (nSPS) is 55.7. The Morgan fingerprint density at radius 2 is 1.41 bits per heavy atom. The topological polar surface area (TPSA) is 356 Å². The summed E-state index contributed by atoms with van der Waals surface area (Å²) in [6, 6.07) is 0. The lowest BCUT2D eigenvalue weighted by Gasteiger charge is -2.68. The average molecular weight is 977 g/mol. The fourth-order valence-electron chi connectivity index (χ4n) is 14.9. The second-order valence-electron chi connectivity index (χ2n) is 22.6. The van der Waals surface area contributed by atoms with Gasteiger partial charge in [0.05, 0.1) is 50.2 Å². The van der Waals surface area contributed by atoms with Crippen molar-refractivity contribution in [2.75, 3.05) is 19.8 Å². The number of rotatable bonds is 9. The van der Waals surface area contributed by atoms with E-state index in [9.17, 15) is 76.3 Å². The largest absolute Gasteiger partial charge is 0.432 e. The first-order valence-corrected chi connectivity index (χ1v) is 24.4. The zero-order chi connectivity index (χ0) is 49.9. The molecule has 0 aromatic rings. The molecule has 8 rings (SSSR count). The van der Waals surface area contributed by atoms with Gasteiger partial charge in [-0.1, -0.05) is 46.3 Å². The van der Waals surface area contributed by atoms with E-state index in [1.807, 2.05) is 0 Å². The summed E-state index contributed by atoms with van der Waals surface area (Å²) in [6.45, 7) is 9.74. The third-order valence-electron chi connectivity index (χ3n) is 18.8. The van der Waals surface area contributed by atoms with Crippen molar-refractivity contribution in [3.8, 4) is 0 Å². The van der Waals surface area contributed by atoms with Gasteiger partial charge in [-0.05, 0) is 91.8 Å². The minimum absolute atomic E-state index is 0.0279. The van der Waals surface area contributed by atoms with E-state index in [2.05, 4.69) is 33.8 Å². The number of fused-ring (bicyclic) bond motifs is 7. The lowest BCUT2D eigenvalue weighted by Crippen LogP contribution is -2.68. The van der Waals surface area contributed by atoms with Gasteiger partial charge in [0, 0.05) is 11.3 Å². The van der Waals surface area contributed by atoms with E-state index >= 15 is 0 Å². The van der Waals surface area contributed by atoms with E-state index in [0.29, 0.717) is 38.5 Å². The van der Waals surface area contributed by atoms with Crippen molar-refractivity contribution in [3.05, 3.63) is 11.6 Å². The van der Waals surface area contributed by atoms with Gasteiger partial charge in [-0.15, -0.1) is 0 Å². The van der Waals surface area contributed by atoms with Crippen LogP contribution in [0, 0.1) is 63.6 Å². The van der Waals surface area contributed by atoms with E-state index in [0.717, 1.165) is 0 Å². The molecule has 0 amide bonds. The van der Waals surface area contributed by atoms with Gasteiger partial charge in [0.1, 0.15) is 54.9 Å². The highest BCUT2D eigenvalue weighted by molar-refractivity contribution is 5.73. The molecule has 3 saturated heterocycles. The van der Waals surface area contributed by atoms with Gasteiger partial charge in [0.2, 0.25) is 12.1 Å². The highest BCUT2D eigenvalue weighted by atomic mass is 16.8. The van der Waals surface area contributed by atoms with Crippen LogP contribution in [0.1, 0.15) is 80.1 Å². The molecular formula is C47H76O21. The van der Waals surface area contributed by atoms with Crippen LogP contribution >= 0.6 is 0 Å². The molecule has 0 aromatic heterocycles. The third-order valence-corrected chi connectivity index (χ3v) is 18.8. The van der Waals surface area contributed by atoms with Gasteiger partial charge < -0.3 is 99.9 Å². The summed E-state index contributed by atoms with van der Waals surface area (Å²) in [7, 11) is 0. The highest BCUT2D eigenvalue weighted by Gasteiger charge is 2.68. The van der Waals surface area contributed by atoms with Crippen LogP contribution in [0.15, 0.2) is 11.6 Å². The van der Waals surface area contributed by atoms with Crippen molar-refractivity contribution in [2.24, 2.45) is 63.6 Å². The summed E-state index contributed by atoms with van der Waals surface area (Å²) >= 11 is 0. The average Bonchev–Trinajstić information content (AvgIpc) is 3.29. The molecule has 390 valence electrons. The lowest BCUT2D eigenvalue weighted by molar-refractivity contribution is -0.404. The maximum absolute atomic E-state index is 14.4. The highest BCUT2D eigenvalue weighted by Crippen LogP contribution is 2.70. The molecule has 5 aliphatic carbocycles. The van der Waals surface area contributed by atoms with E-state index in [4.69, 9.17) is 28.4 Å². The Morgan fingerprint density at radius 1 is 0.750 bits per heavy atom. The molecule has 28 atom stereocenters. The van der Waals surface area contributed by atoms with Crippen LogP contribution in [-0.2, 0) is 33.2 Å². The summed E-state index contributed by atoms with van der Waals surface area (Å²) in [6.07, 6.45) is -22.4. The van der Waals surface area contributed by atoms with E-state index < -0.39 is 152 Å². The van der Waals surface area contributed by atoms with E-state index in [-0.39, 0.29) is 47.5 Å². The molecule has 8 aliphatic rings. The summed E-state index contributed by atoms with van der Waals surface area (Å²) < 4.78 is 34.0. The monoisotopic (exact) mass is 976 g/mol. The Balaban J connectivity index is 0.941. The smallest absolute Gasteiger partial charge is 0.311 e. The fourth-order valence-corrected chi connectivity index (χ4v) is 14.9. The van der Waals surface area contributed by atoms with Gasteiger partial charge in [-0.2, -0.15) is 0 Å². The minimum atomic E-state index is -3.08. The number of hydrogen-bond acceptors (Lipinski definition) is 21. The zero-order valence-electron chi connectivity index (χ0n) is 39.5. The van der Waals surface area contributed by atoms with Crippen LogP contribution in [-0.4, -0.2) is 207 Å². The van der Waals surface area contributed by atoms with Gasteiger partial charge >= 0.3 is 5.97 Å². The molecule has 0 radical (unpaired) electrons.